The van der Waals surface area contributed by atoms with Gasteiger partial charge in [0.25, 0.3) is 0 Å². The van der Waals surface area contributed by atoms with E-state index < -0.39 is 0 Å². The number of aromatic nitrogens is 4. The van der Waals surface area contributed by atoms with Crippen LogP contribution < -0.4 is 15.4 Å². The number of hydrogen-bond acceptors (Lipinski definition) is 8. The van der Waals surface area contributed by atoms with E-state index in [2.05, 4.69) is 31.7 Å². The van der Waals surface area contributed by atoms with Crippen LogP contribution in [0.1, 0.15) is 18.9 Å². The lowest BCUT2D eigenvalue weighted by atomic mass is 10.1. The number of rotatable bonds is 10. The Kier molecular flexibility index (Phi) is 8.02. The van der Waals surface area contributed by atoms with Gasteiger partial charge >= 0.3 is 0 Å². The van der Waals surface area contributed by atoms with Crippen molar-refractivity contribution >= 4 is 40.3 Å². The second-order valence-corrected chi connectivity index (χ2v) is 9.78. The fraction of sp³-hybridized carbons (Fsp3) is 0.310. The lowest BCUT2D eigenvalue weighted by molar-refractivity contribution is -0.127. The number of carbonyl (C=O) groups excluding carboxylic acids is 1. The average Bonchev–Trinajstić information content (AvgIpc) is 3.31. The van der Waals surface area contributed by atoms with Crippen molar-refractivity contribution in [2.24, 2.45) is 0 Å². The van der Waals surface area contributed by atoms with Crippen molar-refractivity contribution in [3.8, 4) is 5.75 Å². The van der Waals surface area contributed by atoms with Gasteiger partial charge in [0.05, 0.1) is 12.2 Å². The number of piperidine rings is 1. The molecule has 0 unspecified atom stereocenters. The maximum atomic E-state index is 12.4. The first-order valence-electron chi connectivity index (χ1n) is 13.1. The van der Waals surface area contributed by atoms with Gasteiger partial charge < -0.3 is 25.2 Å². The molecule has 3 heterocycles. The van der Waals surface area contributed by atoms with Crippen LogP contribution in [-0.2, 0) is 4.79 Å². The molecular weight excluding hydrogens is 492 g/mol. The normalized spacial score (nSPS) is 15.4. The number of ether oxygens (including phenoxy) is 1. The van der Waals surface area contributed by atoms with Crippen molar-refractivity contribution < 1.29 is 9.53 Å². The van der Waals surface area contributed by atoms with Crippen LogP contribution in [0.3, 0.4) is 0 Å². The smallest absolute Gasteiger partial charge is 0.246 e. The summed E-state index contributed by atoms with van der Waals surface area (Å²) in [5, 5.41) is 6.74. The molecule has 1 aliphatic rings. The Morgan fingerprint density at radius 1 is 1.10 bits per heavy atom. The SMILES string of the molecule is C=CC(=O)N1CCC[C@H](n2c(Nc3ccccc3)nc3cnc(Nc4ccc(OCCN(C)C)cc4)nc32)C1. The predicted octanol–water partition coefficient (Wildman–Crippen LogP) is 4.60. The summed E-state index contributed by atoms with van der Waals surface area (Å²) < 4.78 is 7.89. The number of hydrogen-bond donors (Lipinski definition) is 2. The fourth-order valence-electron chi connectivity index (χ4n) is 4.64. The van der Waals surface area contributed by atoms with E-state index in [1.165, 1.54) is 6.08 Å². The van der Waals surface area contributed by atoms with Crippen molar-refractivity contribution in [3.63, 3.8) is 0 Å². The van der Waals surface area contributed by atoms with Crippen LogP contribution in [0.5, 0.6) is 5.75 Å². The summed E-state index contributed by atoms with van der Waals surface area (Å²) in [6.45, 7) is 6.41. The summed E-state index contributed by atoms with van der Waals surface area (Å²) in [5.41, 5.74) is 3.15. The molecule has 0 aliphatic carbocycles. The van der Waals surface area contributed by atoms with Crippen molar-refractivity contribution in [1.29, 1.82) is 0 Å². The molecule has 5 rings (SSSR count). The first kappa shape index (κ1) is 26.2. The van der Waals surface area contributed by atoms with Crippen molar-refractivity contribution in [3.05, 3.63) is 73.4 Å². The highest BCUT2D eigenvalue weighted by atomic mass is 16.5. The number of fused-ring (bicyclic) bond motifs is 1. The molecule has 39 heavy (non-hydrogen) atoms. The Hall–Kier alpha value is -4.44. The number of likely N-dealkylation sites (N-methyl/N-ethyl adjacent to an activating group) is 1. The number of likely N-dealkylation sites (tertiary alicyclic amines) is 1. The van der Waals surface area contributed by atoms with Crippen molar-refractivity contribution in [2.75, 3.05) is 51.0 Å². The molecule has 1 fully saturated rings. The molecule has 10 heteroatoms. The van der Waals surface area contributed by atoms with Gasteiger partial charge in [-0.1, -0.05) is 24.8 Å². The Labute approximate surface area is 228 Å². The Balaban J connectivity index is 1.43. The number of imidazole rings is 1. The molecule has 2 aromatic heterocycles. The summed E-state index contributed by atoms with van der Waals surface area (Å²) >= 11 is 0. The molecule has 0 spiro atoms. The molecular formula is C29H34N8O2. The number of nitrogens with one attached hydrogen (secondary N) is 2. The monoisotopic (exact) mass is 526 g/mol. The van der Waals surface area contributed by atoms with Crippen molar-refractivity contribution in [2.45, 2.75) is 18.9 Å². The largest absolute Gasteiger partial charge is 0.492 e. The summed E-state index contributed by atoms with van der Waals surface area (Å²) in [4.78, 5) is 30.5. The van der Waals surface area contributed by atoms with E-state index in [1.807, 2.05) is 73.6 Å². The first-order valence-corrected chi connectivity index (χ1v) is 13.1. The minimum Gasteiger partial charge on any atom is -0.492 e. The van der Waals surface area contributed by atoms with E-state index in [9.17, 15) is 4.79 Å². The van der Waals surface area contributed by atoms with Gasteiger partial charge in [-0.2, -0.15) is 4.98 Å². The highest BCUT2D eigenvalue weighted by Gasteiger charge is 2.28. The van der Waals surface area contributed by atoms with Gasteiger partial charge in [-0.05, 0) is 69.4 Å². The van der Waals surface area contributed by atoms with Gasteiger partial charge in [0, 0.05) is 31.0 Å². The number of amides is 1. The van der Waals surface area contributed by atoms with Gasteiger partial charge in [-0.25, -0.2) is 9.97 Å². The maximum absolute atomic E-state index is 12.4. The third kappa shape index (κ3) is 6.35. The zero-order valence-corrected chi connectivity index (χ0v) is 22.4. The highest BCUT2D eigenvalue weighted by molar-refractivity contribution is 5.87. The number of para-hydroxylation sites is 1. The molecule has 1 saturated heterocycles. The van der Waals surface area contributed by atoms with Crippen LogP contribution in [0.2, 0.25) is 0 Å². The Morgan fingerprint density at radius 2 is 1.87 bits per heavy atom. The van der Waals surface area contributed by atoms with Crippen LogP contribution in [0, 0.1) is 0 Å². The molecule has 0 radical (unpaired) electrons. The maximum Gasteiger partial charge on any atom is 0.246 e. The van der Waals surface area contributed by atoms with Gasteiger partial charge in [0.2, 0.25) is 17.8 Å². The van der Waals surface area contributed by atoms with Crippen LogP contribution in [0.4, 0.5) is 23.3 Å². The summed E-state index contributed by atoms with van der Waals surface area (Å²) in [6.07, 6.45) is 4.89. The molecule has 202 valence electrons. The second-order valence-electron chi connectivity index (χ2n) is 9.78. The van der Waals surface area contributed by atoms with Gasteiger partial charge in [0.15, 0.2) is 5.65 Å². The molecule has 0 bridgehead atoms. The summed E-state index contributed by atoms with van der Waals surface area (Å²) in [6, 6.07) is 17.6. The van der Waals surface area contributed by atoms with E-state index in [-0.39, 0.29) is 11.9 Å². The lowest BCUT2D eigenvalue weighted by Gasteiger charge is -2.33. The van der Waals surface area contributed by atoms with Gasteiger partial charge in [-0.3, -0.25) is 9.36 Å². The zero-order chi connectivity index (χ0) is 27.2. The topological polar surface area (TPSA) is 100 Å². The summed E-state index contributed by atoms with van der Waals surface area (Å²) in [5.74, 6) is 1.88. The second kappa shape index (κ2) is 12.0. The quantitative estimate of drug-likeness (QED) is 0.289. The van der Waals surface area contributed by atoms with E-state index in [0.717, 1.165) is 36.5 Å². The van der Waals surface area contributed by atoms with Crippen molar-refractivity contribution in [1.82, 2.24) is 29.3 Å². The third-order valence-electron chi connectivity index (χ3n) is 6.63. The van der Waals surface area contributed by atoms with Crippen LogP contribution in [0.15, 0.2) is 73.4 Å². The first-order chi connectivity index (χ1) is 19.0. The van der Waals surface area contributed by atoms with Crippen LogP contribution >= 0.6 is 0 Å². The fourth-order valence-corrected chi connectivity index (χ4v) is 4.64. The molecule has 1 aliphatic heterocycles. The predicted molar refractivity (Wildman–Crippen MR) is 154 cm³/mol. The van der Waals surface area contributed by atoms with E-state index in [4.69, 9.17) is 14.7 Å². The standard InChI is InChI=1S/C29H34N8O2/c1-4-26(38)36-16-8-11-23(20-36)37-27-25(33-29(37)32-21-9-6-5-7-10-21)19-30-28(34-27)31-22-12-14-24(15-13-22)39-18-17-35(2)3/h4-7,9-10,12-15,19,23H,1,8,11,16-18,20H2,2-3H3,(H,32,33)(H,30,31,34)/t23-/m0/s1. The highest BCUT2D eigenvalue weighted by Crippen LogP contribution is 2.31. The zero-order valence-electron chi connectivity index (χ0n) is 22.4. The van der Waals surface area contributed by atoms with Gasteiger partial charge in [-0.15, -0.1) is 0 Å². The lowest BCUT2D eigenvalue weighted by Crippen LogP contribution is -2.40. The van der Waals surface area contributed by atoms with Crippen LogP contribution in [-0.4, -0.2) is 75.6 Å². The third-order valence-corrected chi connectivity index (χ3v) is 6.63. The molecule has 2 aromatic carbocycles. The van der Waals surface area contributed by atoms with E-state index in [0.29, 0.717) is 42.8 Å². The molecule has 4 aromatic rings. The number of carbonyl (C=O) groups is 1. The number of anilines is 4. The molecule has 2 N–H and O–H groups in total. The van der Waals surface area contributed by atoms with E-state index in [1.54, 1.807) is 6.20 Å². The van der Waals surface area contributed by atoms with Gasteiger partial charge in [0.1, 0.15) is 17.9 Å². The molecule has 10 nitrogen and oxygen atoms in total. The summed E-state index contributed by atoms with van der Waals surface area (Å²) in [7, 11) is 4.04. The average molecular weight is 527 g/mol. The number of nitrogens with zero attached hydrogens (tertiary/aromatic N) is 6. The Morgan fingerprint density at radius 3 is 2.62 bits per heavy atom. The Bertz CT molecular complexity index is 1420. The minimum atomic E-state index is -0.0622. The molecule has 1 amide bonds. The number of benzene rings is 2. The minimum absolute atomic E-state index is 0.000195. The van der Waals surface area contributed by atoms with Crippen LogP contribution in [0.25, 0.3) is 11.2 Å². The van der Waals surface area contributed by atoms with E-state index >= 15 is 0 Å². The molecule has 0 saturated carbocycles. The molecule has 1 atom stereocenters.